The van der Waals surface area contributed by atoms with Gasteiger partial charge in [0.05, 0.1) is 19.7 Å². The molecule has 0 radical (unpaired) electrons. The van der Waals surface area contributed by atoms with Crippen LogP contribution in [0.15, 0.2) is 35.3 Å². The van der Waals surface area contributed by atoms with Crippen molar-refractivity contribution in [2.75, 3.05) is 39.8 Å². The first-order valence-electron chi connectivity index (χ1n) is 10.0. The number of carbonyl (C=O) groups excluding carboxylic acids is 1. The van der Waals surface area contributed by atoms with Gasteiger partial charge in [-0.15, -0.1) is 24.0 Å². The molecule has 0 aliphatic carbocycles. The highest BCUT2D eigenvalue weighted by atomic mass is 127. The third kappa shape index (κ3) is 10.3. The number of carbonyl (C=O) groups is 1. The van der Waals surface area contributed by atoms with Crippen molar-refractivity contribution in [1.29, 1.82) is 0 Å². The summed E-state index contributed by atoms with van der Waals surface area (Å²) in [4.78, 5) is 18.4. The number of guanidine groups is 1. The number of nitrogens with zero attached hydrogens (tertiary/aromatic N) is 2. The minimum absolute atomic E-state index is 0. The van der Waals surface area contributed by atoms with Gasteiger partial charge in [0, 0.05) is 19.5 Å². The lowest BCUT2D eigenvalue weighted by atomic mass is 10.1. The van der Waals surface area contributed by atoms with Crippen LogP contribution >= 0.6 is 24.0 Å². The molecule has 0 fully saturated rings. The first kappa shape index (κ1) is 26.6. The van der Waals surface area contributed by atoms with Gasteiger partial charge in [0.1, 0.15) is 0 Å². The van der Waals surface area contributed by atoms with Crippen molar-refractivity contribution in [3.63, 3.8) is 0 Å². The minimum atomic E-state index is -0.152. The number of hydrogen-bond donors (Lipinski definition) is 2. The molecule has 1 aromatic carbocycles. The summed E-state index contributed by atoms with van der Waals surface area (Å²) in [6.45, 7) is 10.7. The first-order valence-corrected chi connectivity index (χ1v) is 10.0. The minimum Gasteiger partial charge on any atom is -0.469 e. The van der Waals surface area contributed by atoms with Crippen molar-refractivity contribution in [2.45, 2.75) is 46.1 Å². The molecular formula is C21H37IN4O2. The van der Waals surface area contributed by atoms with Crippen molar-refractivity contribution in [1.82, 2.24) is 15.5 Å². The number of ether oxygens (including phenoxy) is 1. The topological polar surface area (TPSA) is 66.0 Å². The van der Waals surface area contributed by atoms with Gasteiger partial charge in [0.15, 0.2) is 5.96 Å². The second-order valence-corrected chi connectivity index (χ2v) is 6.33. The fraction of sp³-hybridized carbons (Fsp3) is 0.619. The van der Waals surface area contributed by atoms with E-state index in [2.05, 4.69) is 65.3 Å². The molecule has 0 aromatic heterocycles. The summed E-state index contributed by atoms with van der Waals surface area (Å²) >= 11 is 0. The van der Waals surface area contributed by atoms with Gasteiger partial charge in [0.2, 0.25) is 0 Å². The van der Waals surface area contributed by atoms with Crippen molar-refractivity contribution >= 4 is 35.9 Å². The summed E-state index contributed by atoms with van der Waals surface area (Å²) in [6.07, 6.45) is 2.17. The van der Waals surface area contributed by atoms with Gasteiger partial charge in [-0.1, -0.05) is 44.2 Å². The van der Waals surface area contributed by atoms with E-state index in [1.165, 1.54) is 12.7 Å². The van der Waals surface area contributed by atoms with Crippen molar-refractivity contribution < 1.29 is 9.53 Å². The lowest BCUT2D eigenvalue weighted by molar-refractivity contribution is -0.140. The van der Waals surface area contributed by atoms with E-state index in [0.717, 1.165) is 45.0 Å². The molecule has 0 aliphatic heterocycles. The SMILES string of the molecule is CCNC(=NCC(c1ccccc1)N(CC)CC)NCCCCC(=O)OC.I. The van der Waals surface area contributed by atoms with Gasteiger partial charge in [-0.05, 0) is 38.4 Å². The fourth-order valence-electron chi connectivity index (χ4n) is 2.99. The highest BCUT2D eigenvalue weighted by Crippen LogP contribution is 2.20. The third-order valence-electron chi connectivity index (χ3n) is 4.53. The average molecular weight is 504 g/mol. The maximum atomic E-state index is 11.2. The van der Waals surface area contributed by atoms with Crippen LogP contribution in [0.25, 0.3) is 0 Å². The van der Waals surface area contributed by atoms with Crippen LogP contribution < -0.4 is 10.6 Å². The molecule has 160 valence electrons. The highest BCUT2D eigenvalue weighted by molar-refractivity contribution is 14.0. The normalized spacial score (nSPS) is 12.2. The maximum absolute atomic E-state index is 11.2. The molecule has 0 bridgehead atoms. The van der Waals surface area contributed by atoms with Crippen LogP contribution in [0.3, 0.4) is 0 Å². The number of unbranched alkanes of at least 4 members (excludes halogenated alkanes) is 1. The predicted molar refractivity (Wildman–Crippen MR) is 127 cm³/mol. The second kappa shape index (κ2) is 16.6. The van der Waals surface area contributed by atoms with Crippen LogP contribution in [0, 0.1) is 0 Å². The Labute approximate surface area is 187 Å². The van der Waals surface area contributed by atoms with Crippen LogP contribution in [-0.4, -0.2) is 56.7 Å². The number of hydrogen-bond acceptors (Lipinski definition) is 4. The smallest absolute Gasteiger partial charge is 0.305 e. The Morgan fingerprint density at radius 1 is 1.11 bits per heavy atom. The Bertz CT molecular complexity index is 551. The predicted octanol–water partition coefficient (Wildman–Crippen LogP) is 3.59. The molecule has 1 unspecified atom stereocenters. The van der Waals surface area contributed by atoms with Crippen LogP contribution in [0.5, 0.6) is 0 Å². The molecule has 6 nitrogen and oxygen atoms in total. The third-order valence-corrected chi connectivity index (χ3v) is 4.53. The van der Waals surface area contributed by atoms with E-state index in [-0.39, 0.29) is 36.0 Å². The molecule has 0 saturated heterocycles. The summed E-state index contributed by atoms with van der Waals surface area (Å²) in [5.41, 5.74) is 1.29. The lowest BCUT2D eigenvalue weighted by Crippen LogP contribution is -2.39. The molecule has 28 heavy (non-hydrogen) atoms. The molecule has 0 amide bonds. The zero-order chi connectivity index (χ0) is 19.9. The van der Waals surface area contributed by atoms with E-state index in [0.29, 0.717) is 13.0 Å². The molecule has 7 heteroatoms. The Kier molecular flexibility index (Phi) is 15.8. The quantitative estimate of drug-likeness (QED) is 0.150. The number of rotatable bonds is 12. The number of likely N-dealkylation sites (N-methyl/N-ethyl adjacent to an activating group) is 1. The van der Waals surface area contributed by atoms with Crippen LogP contribution in [0.2, 0.25) is 0 Å². The zero-order valence-corrected chi connectivity index (χ0v) is 20.1. The number of nitrogens with one attached hydrogen (secondary N) is 2. The van der Waals surface area contributed by atoms with E-state index in [4.69, 9.17) is 4.99 Å². The maximum Gasteiger partial charge on any atom is 0.305 e. The van der Waals surface area contributed by atoms with E-state index in [9.17, 15) is 4.79 Å². The van der Waals surface area contributed by atoms with Crippen LogP contribution in [-0.2, 0) is 9.53 Å². The summed E-state index contributed by atoms with van der Waals surface area (Å²) < 4.78 is 4.67. The van der Waals surface area contributed by atoms with Gasteiger partial charge < -0.3 is 15.4 Å². The molecule has 2 N–H and O–H groups in total. The Morgan fingerprint density at radius 2 is 1.79 bits per heavy atom. The Hall–Kier alpha value is -1.35. The first-order chi connectivity index (χ1) is 13.2. The standard InChI is InChI=1S/C21H36N4O2.HI/c1-5-22-21(23-16-12-11-15-20(26)27-4)24-17-19(25(6-2)7-3)18-13-9-8-10-14-18;/h8-10,13-14,19H,5-7,11-12,15-17H2,1-4H3,(H2,22,23,24);1H. The summed E-state index contributed by atoms with van der Waals surface area (Å²) in [6, 6.07) is 10.8. The van der Waals surface area contributed by atoms with E-state index in [1.807, 2.05) is 6.07 Å². The summed E-state index contributed by atoms with van der Waals surface area (Å²) in [5.74, 6) is 0.671. The molecular weight excluding hydrogens is 467 g/mol. The number of methoxy groups -OCH3 is 1. The van der Waals surface area contributed by atoms with Crippen molar-refractivity contribution in [3.8, 4) is 0 Å². The molecule has 0 spiro atoms. The average Bonchev–Trinajstić information content (AvgIpc) is 2.71. The fourth-order valence-corrected chi connectivity index (χ4v) is 2.99. The highest BCUT2D eigenvalue weighted by Gasteiger charge is 2.17. The lowest BCUT2D eigenvalue weighted by Gasteiger charge is -2.29. The summed E-state index contributed by atoms with van der Waals surface area (Å²) in [7, 11) is 1.43. The molecule has 0 saturated carbocycles. The van der Waals surface area contributed by atoms with Crippen molar-refractivity contribution in [2.24, 2.45) is 4.99 Å². The molecule has 1 aromatic rings. The monoisotopic (exact) mass is 504 g/mol. The number of benzene rings is 1. The molecule has 0 aliphatic rings. The number of aliphatic imine (C=N–C) groups is 1. The Balaban J connectivity index is 0.00000729. The Morgan fingerprint density at radius 3 is 2.36 bits per heavy atom. The van der Waals surface area contributed by atoms with Crippen molar-refractivity contribution in [3.05, 3.63) is 35.9 Å². The molecule has 1 atom stereocenters. The van der Waals surface area contributed by atoms with Gasteiger partial charge in [-0.3, -0.25) is 14.7 Å². The zero-order valence-electron chi connectivity index (χ0n) is 17.7. The van der Waals surface area contributed by atoms with E-state index >= 15 is 0 Å². The molecule has 0 heterocycles. The number of esters is 1. The summed E-state index contributed by atoms with van der Waals surface area (Å²) in [5, 5.41) is 6.67. The van der Waals surface area contributed by atoms with Crippen LogP contribution in [0.4, 0.5) is 0 Å². The van der Waals surface area contributed by atoms with Gasteiger partial charge in [0.25, 0.3) is 0 Å². The van der Waals surface area contributed by atoms with E-state index < -0.39 is 0 Å². The van der Waals surface area contributed by atoms with E-state index in [1.54, 1.807) is 0 Å². The van der Waals surface area contributed by atoms with Crippen LogP contribution in [0.1, 0.15) is 51.6 Å². The van der Waals surface area contributed by atoms with Gasteiger partial charge >= 0.3 is 5.97 Å². The largest absolute Gasteiger partial charge is 0.469 e. The van der Waals surface area contributed by atoms with Gasteiger partial charge in [-0.25, -0.2) is 0 Å². The molecule has 1 rings (SSSR count). The second-order valence-electron chi connectivity index (χ2n) is 6.33. The number of halogens is 1. The van der Waals surface area contributed by atoms with Gasteiger partial charge in [-0.2, -0.15) is 0 Å².